The van der Waals surface area contributed by atoms with E-state index in [0.717, 1.165) is 25.7 Å². The van der Waals surface area contributed by atoms with Gasteiger partial charge in [0.2, 0.25) is 5.91 Å². The number of nitrogens with zero attached hydrogens (tertiary/aromatic N) is 2. The summed E-state index contributed by atoms with van der Waals surface area (Å²) in [5.74, 6) is -0.608. The third-order valence-corrected chi connectivity index (χ3v) is 6.64. The molecule has 0 bridgehead atoms. The summed E-state index contributed by atoms with van der Waals surface area (Å²) in [5.41, 5.74) is 0.713. The average molecular weight is 422 g/mol. The molecule has 2 aromatic rings. The molecule has 2 amide bonds. The number of aromatic nitrogens is 1. The van der Waals surface area contributed by atoms with E-state index in [1.54, 1.807) is 6.07 Å². The topological polar surface area (TPSA) is 62.3 Å². The van der Waals surface area contributed by atoms with Crippen LogP contribution in [0, 0.1) is 11.7 Å². The molecule has 2 heterocycles. The normalized spacial score (nSPS) is 18.2. The van der Waals surface area contributed by atoms with E-state index in [9.17, 15) is 14.0 Å². The minimum Gasteiger partial charge on any atom is -0.322 e. The van der Waals surface area contributed by atoms with Gasteiger partial charge in [-0.3, -0.25) is 9.59 Å². The van der Waals surface area contributed by atoms with Gasteiger partial charge in [0.05, 0.1) is 12.7 Å². The molecule has 0 radical (unpaired) electrons. The summed E-state index contributed by atoms with van der Waals surface area (Å²) in [7, 11) is 0. The predicted octanol–water partition coefficient (Wildman–Crippen LogP) is 4.87. The van der Waals surface area contributed by atoms with Crippen LogP contribution in [0.3, 0.4) is 0 Å². The lowest BCUT2D eigenvalue weighted by molar-refractivity contribution is -0.121. The van der Waals surface area contributed by atoms with Crippen LogP contribution < -0.4 is 5.32 Å². The number of fused-ring (bicyclic) bond motifs is 1. The molecule has 1 aliphatic carbocycles. The van der Waals surface area contributed by atoms with E-state index in [1.165, 1.54) is 41.0 Å². The Hall–Kier alpha value is -1.99. The second-order valence-electron chi connectivity index (χ2n) is 7.41. The molecule has 1 aromatic heterocycles. The summed E-state index contributed by atoms with van der Waals surface area (Å²) >= 11 is 7.08. The number of nitrogens with one attached hydrogen (secondary N) is 1. The van der Waals surface area contributed by atoms with Crippen molar-refractivity contribution in [3.63, 3.8) is 0 Å². The lowest BCUT2D eigenvalue weighted by Crippen LogP contribution is -2.45. The Morgan fingerprint density at radius 1 is 1.36 bits per heavy atom. The SMILES string of the molecule is O=C(Nc1ncc(Cl)s1)C(CC1CCCCC1)N1Cc2c(F)cccc2C1=O. The molecule has 2 aliphatic rings. The molecule has 0 saturated heterocycles. The third-order valence-electron chi connectivity index (χ3n) is 5.61. The van der Waals surface area contributed by atoms with Gasteiger partial charge in [-0.2, -0.15) is 0 Å². The van der Waals surface area contributed by atoms with Gasteiger partial charge in [0.15, 0.2) is 5.13 Å². The predicted molar refractivity (Wildman–Crippen MR) is 107 cm³/mol. The second kappa shape index (κ2) is 8.17. The first-order chi connectivity index (χ1) is 13.5. The van der Waals surface area contributed by atoms with E-state index in [2.05, 4.69) is 10.3 Å². The van der Waals surface area contributed by atoms with Gasteiger partial charge < -0.3 is 10.2 Å². The molecule has 0 spiro atoms. The maximum atomic E-state index is 14.2. The van der Waals surface area contributed by atoms with Crippen LogP contribution in [-0.2, 0) is 11.3 Å². The van der Waals surface area contributed by atoms with Gasteiger partial charge in [-0.15, -0.1) is 0 Å². The molecule has 1 atom stereocenters. The largest absolute Gasteiger partial charge is 0.322 e. The van der Waals surface area contributed by atoms with Gasteiger partial charge in [0.1, 0.15) is 16.2 Å². The van der Waals surface area contributed by atoms with Crippen molar-refractivity contribution in [3.8, 4) is 0 Å². The number of hydrogen-bond acceptors (Lipinski definition) is 4. The van der Waals surface area contributed by atoms with E-state index in [0.29, 0.717) is 32.9 Å². The highest BCUT2D eigenvalue weighted by Gasteiger charge is 2.39. The van der Waals surface area contributed by atoms with Crippen LogP contribution in [-0.4, -0.2) is 27.7 Å². The summed E-state index contributed by atoms with van der Waals surface area (Å²) < 4.78 is 14.7. The van der Waals surface area contributed by atoms with Crippen LogP contribution >= 0.6 is 22.9 Å². The maximum absolute atomic E-state index is 14.2. The number of benzene rings is 1. The van der Waals surface area contributed by atoms with E-state index < -0.39 is 11.9 Å². The van der Waals surface area contributed by atoms with Crippen molar-refractivity contribution < 1.29 is 14.0 Å². The highest BCUT2D eigenvalue weighted by atomic mass is 35.5. The number of carbonyl (C=O) groups excluding carboxylic acids is 2. The first-order valence-corrected chi connectivity index (χ1v) is 10.7. The van der Waals surface area contributed by atoms with Crippen molar-refractivity contribution in [3.05, 3.63) is 45.7 Å². The Labute approximate surface area is 171 Å². The molecular formula is C20H21ClFN3O2S. The molecule has 1 unspecified atom stereocenters. The first-order valence-electron chi connectivity index (χ1n) is 9.53. The van der Waals surface area contributed by atoms with Crippen LogP contribution in [0.5, 0.6) is 0 Å². The highest BCUT2D eigenvalue weighted by Crippen LogP contribution is 2.33. The van der Waals surface area contributed by atoms with Crippen molar-refractivity contribution in [2.45, 2.75) is 51.1 Å². The molecule has 1 aliphatic heterocycles. The fourth-order valence-corrected chi connectivity index (χ4v) is 5.00. The smallest absolute Gasteiger partial charge is 0.255 e. The molecule has 148 valence electrons. The Morgan fingerprint density at radius 3 is 2.82 bits per heavy atom. The molecule has 1 N–H and O–H groups in total. The average Bonchev–Trinajstić information content (AvgIpc) is 3.25. The monoisotopic (exact) mass is 421 g/mol. The summed E-state index contributed by atoms with van der Waals surface area (Å²) in [4.78, 5) is 31.6. The van der Waals surface area contributed by atoms with Gasteiger partial charge in [-0.25, -0.2) is 9.37 Å². The van der Waals surface area contributed by atoms with Crippen molar-refractivity contribution in [2.75, 3.05) is 5.32 Å². The van der Waals surface area contributed by atoms with Gasteiger partial charge in [0.25, 0.3) is 5.91 Å². The second-order valence-corrected chi connectivity index (χ2v) is 9.08. The zero-order valence-electron chi connectivity index (χ0n) is 15.3. The summed E-state index contributed by atoms with van der Waals surface area (Å²) in [5, 5.41) is 3.19. The maximum Gasteiger partial charge on any atom is 0.255 e. The lowest BCUT2D eigenvalue weighted by atomic mass is 9.84. The Bertz CT molecular complexity index is 897. The van der Waals surface area contributed by atoms with E-state index >= 15 is 0 Å². The molecule has 5 nitrogen and oxygen atoms in total. The van der Waals surface area contributed by atoms with Crippen LogP contribution in [0.15, 0.2) is 24.4 Å². The molecule has 1 fully saturated rings. The lowest BCUT2D eigenvalue weighted by Gasteiger charge is -2.31. The van der Waals surface area contributed by atoms with Gasteiger partial charge in [0, 0.05) is 11.1 Å². The minimum absolute atomic E-state index is 0.115. The molecule has 1 saturated carbocycles. The van der Waals surface area contributed by atoms with Crippen LogP contribution in [0.25, 0.3) is 0 Å². The zero-order valence-corrected chi connectivity index (χ0v) is 16.9. The minimum atomic E-state index is -0.662. The fraction of sp³-hybridized carbons (Fsp3) is 0.450. The molecule has 1 aromatic carbocycles. The fourth-order valence-electron chi connectivity index (χ4n) is 4.18. The van der Waals surface area contributed by atoms with Gasteiger partial charge in [-0.1, -0.05) is 61.1 Å². The van der Waals surface area contributed by atoms with Crippen molar-refractivity contribution in [1.29, 1.82) is 0 Å². The van der Waals surface area contributed by atoms with Crippen molar-refractivity contribution in [1.82, 2.24) is 9.88 Å². The summed E-state index contributed by atoms with van der Waals surface area (Å²) in [6.45, 7) is 0.115. The molecule has 4 rings (SSSR count). The molecule has 8 heteroatoms. The van der Waals surface area contributed by atoms with Crippen molar-refractivity contribution >= 4 is 39.9 Å². The number of anilines is 1. The number of carbonyl (C=O) groups is 2. The Kier molecular flexibility index (Phi) is 5.64. The van der Waals surface area contributed by atoms with Crippen LogP contribution in [0.1, 0.15) is 54.4 Å². The van der Waals surface area contributed by atoms with Crippen molar-refractivity contribution in [2.24, 2.45) is 5.92 Å². The van der Waals surface area contributed by atoms with E-state index in [4.69, 9.17) is 11.6 Å². The number of thiazole rings is 1. The van der Waals surface area contributed by atoms with Gasteiger partial charge >= 0.3 is 0 Å². The standard InChI is InChI=1S/C20H21ClFN3O2S/c21-17-10-23-20(28-17)24-18(26)16(9-12-5-2-1-3-6-12)25-11-14-13(19(25)27)7-4-8-15(14)22/h4,7-8,10,12,16H,1-3,5-6,9,11H2,(H,23,24,26). The summed E-state index contributed by atoms with van der Waals surface area (Å²) in [6, 6.07) is 3.84. The quantitative estimate of drug-likeness (QED) is 0.749. The van der Waals surface area contributed by atoms with Gasteiger partial charge in [-0.05, 0) is 24.5 Å². The zero-order chi connectivity index (χ0) is 19.7. The number of halogens is 2. The third kappa shape index (κ3) is 3.91. The summed E-state index contributed by atoms with van der Waals surface area (Å²) in [6.07, 6.45) is 7.65. The van der Waals surface area contributed by atoms with Crippen LogP contribution in [0.4, 0.5) is 9.52 Å². The number of rotatable bonds is 5. The van der Waals surface area contributed by atoms with Crippen LogP contribution in [0.2, 0.25) is 4.34 Å². The first kappa shape index (κ1) is 19.3. The molecule has 28 heavy (non-hydrogen) atoms. The molecular weight excluding hydrogens is 401 g/mol. The Morgan fingerprint density at radius 2 is 2.14 bits per heavy atom. The highest BCUT2D eigenvalue weighted by molar-refractivity contribution is 7.19. The Balaban J connectivity index is 1.58. The number of amides is 2. The van der Waals surface area contributed by atoms with E-state index in [-0.39, 0.29) is 18.4 Å². The van der Waals surface area contributed by atoms with E-state index in [1.807, 2.05) is 0 Å². The number of hydrogen-bond donors (Lipinski definition) is 1.